The highest BCUT2D eigenvalue weighted by Gasteiger charge is 2.44. The maximum absolute atomic E-state index is 11.6. The SMILES string of the molecule is CCN1C(=O)NC(=N)C2C(C)=C(C)SC21. The van der Waals surface area contributed by atoms with Crippen LogP contribution >= 0.6 is 11.8 Å². The minimum atomic E-state index is -0.140. The number of thioether (sulfide) groups is 1. The first-order chi connectivity index (χ1) is 7.06. The lowest BCUT2D eigenvalue weighted by Crippen LogP contribution is -2.57. The van der Waals surface area contributed by atoms with E-state index in [2.05, 4.69) is 12.2 Å². The number of hydrogen-bond donors (Lipinski definition) is 2. The maximum Gasteiger partial charge on any atom is 0.323 e. The fraction of sp³-hybridized carbons (Fsp3) is 0.600. The van der Waals surface area contributed by atoms with E-state index in [-0.39, 0.29) is 17.3 Å². The molecule has 2 N–H and O–H groups in total. The number of hydrogen-bond acceptors (Lipinski definition) is 3. The average molecular weight is 225 g/mol. The molecule has 1 saturated heterocycles. The molecular weight excluding hydrogens is 210 g/mol. The van der Waals surface area contributed by atoms with Gasteiger partial charge < -0.3 is 4.90 Å². The van der Waals surface area contributed by atoms with Crippen LogP contribution in [0.4, 0.5) is 4.79 Å². The van der Waals surface area contributed by atoms with Crippen molar-refractivity contribution in [2.45, 2.75) is 26.1 Å². The fourth-order valence-electron chi connectivity index (χ4n) is 2.08. The van der Waals surface area contributed by atoms with E-state index in [1.165, 1.54) is 10.5 Å². The number of allylic oxidation sites excluding steroid dienone is 1. The third-order valence-corrected chi connectivity index (χ3v) is 4.51. The second-order valence-corrected chi connectivity index (χ2v) is 5.19. The summed E-state index contributed by atoms with van der Waals surface area (Å²) in [6.07, 6.45) is 0. The van der Waals surface area contributed by atoms with Crippen molar-refractivity contribution in [1.29, 1.82) is 5.41 Å². The standard InChI is InChI=1S/C10H15N3OS/c1-4-13-9-7(5(2)6(3)15-9)8(11)12-10(13)14/h7,9H,4H2,1-3H3,(H2,11,12,14). The molecule has 0 aliphatic carbocycles. The van der Waals surface area contributed by atoms with Gasteiger partial charge in [-0.3, -0.25) is 10.7 Å². The number of nitrogens with one attached hydrogen (secondary N) is 2. The first-order valence-electron chi connectivity index (χ1n) is 5.06. The molecule has 2 unspecified atom stereocenters. The van der Waals surface area contributed by atoms with Crippen molar-refractivity contribution in [2.75, 3.05) is 6.54 Å². The van der Waals surface area contributed by atoms with Crippen LogP contribution in [0.25, 0.3) is 0 Å². The lowest BCUT2D eigenvalue weighted by atomic mass is 9.96. The van der Waals surface area contributed by atoms with Gasteiger partial charge in [-0.05, 0) is 25.7 Å². The molecule has 0 aromatic heterocycles. The van der Waals surface area contributed by atoms with E-state index in [4.69, 9.17) is 5.41 Å². The maximum atomic E-state index is 11.6. The third kappa shape index (κ3) is 1.45. The Morgan fingerprint density at radius 3 is 2.80 bits per heavy atom. The summed E-state index contributed by atoms with van der Waals surface area (Å²) in [6, 6.07) is -0.140. The molecule has 2 aliphatic rings. The summed E-state index contributed by atoms with van der Waals surface area (Å²) in [4.78, 5) is 14.7. The Morgan fingerprint density at radius 2 is 2.20 bits per heavy atom. The predicted octanol–water partition coefficient (Wildman–Crippen LogP) is 1.99. The van der Waals surface area contributed by atoms with Crippen molar-refractivity contribution in [3.8, 4) is 0 Å². The Bertz CT molecular complexity index is 364. The number of nitrogens with zero attached hydrogens (tertiary/aromatic N) is 1. The summed E-state index contributed by atoms with van der Waals surface area (Å²) < 4.78 is 0. The highest BCUT2D eigenvalue weighted by molar-refractivity contribution is 8.03. The van der Waals surface area contributed by atoms with Crippen LogP contribution in [0.5, 0.6) is 0 Å². The Hall–Kier alpha value is -0.970. The van der Waals surface area contributed by atoms with Gasteiger partial charge in [0.05, 0.1) is 11.3 Å². The summed E-state index contributed by atoms with van der Waals surface area (Å²) in [5, 5.41) is 10.5. The molecule has 15 heavy (non-hydrogen) atoms. The van der Waals surface area contributed by atoms with Gasteiger partial charge in [-0.15, -0.1) is 11.8 Å². The van der Waals surface area contributed by atoms with Crippen LogP contribution in [-0.2, 0) is 0 Å². The number of carbonyl (C=O) groups excluding carboxylic acids is 1. The molecule has 0 spiro atoms. The van der Waals surface area contributed by atoms with Crippen LogP contribution in [0.3, 0.4) is 0 Å². The van der Waals surface area contributed by atoms with Crippen molar-refractivity contribution in [3.05, 3.63) is 10.5 Å². The molecule has 0 aromatic rings. The summed E-state index contributed by atoms with van der Waals surface area (Å²) in [6.45, 7) is 6.76. The summed E-state index contributed by atoms with van der Waals surface area (Å²) in [7, 11) is 0. The zero-order valence-corrected chi connectivity index (χ0v) is 9.94. The van der Waals surface area contributed by atoms with Gasteiger partial charge in [0.2, 0.25) is 0 Å². The van der Waals surface area contributed by atoms with Crippen LogP contribution in [-0.4, -0.2) is 28.7 Å². The molecule has 1 fully saturated rings. The Balaban J connectivity index is 2.34. The Morgan fingerprint density at radius 1 is 1.53 bits per heavy atom. The van der Waals surface area contributed by atoms with Crippen molar-refractivity contribution in [1.82, 2.24) is 10.2 Å². The highest BCUT2D eigenvalue weighted by Crippen LogP contribution is 2.44. The van der Waals surface area contributed by atoms with Crippen molar-refractivity contribution < 1.29 is 4.79 Å². The molecule has 2 atom stereocenters. The normalized spacial score (nSPS) is 30.7. The van der Waals surface area contributed by atoms with Gasteiger partial charge in [-0.2, -0.15) is 0 Å². The van der Waals surface area contributed by atoms with E-state index >= 15 is 0 Å². The molecule has 82 valence electrons. The zero-order chi connectivity index (χ0) is 11.2. The first-order valence-corrected chi connectivity index (χ1v) is 5.94. The number of amidine groups is 1. The van der Waals surface area contributed by atoms with E-state index in [0.717, 1.165) is 0 Å². The predicted molar refractivity (Wildman–Crippen MR) is 61.9 cm³/mol. The van der Waals surface area contributed by atoms with Crippen molar-refractivity contribution >= 4 is 23.6 Å². The highest BCUT2D eigenvalue weighted by atomic mass is 32.2. The quantitative estimate of drug-likeness (QED) is 0.717. The van der Waals surface area contributed by atoms with Crippen molar-refractivity contribution in [2.24, 2.45) is 5.92 Å². The molecule has 2 amide bonds. The fourth-order valence-corrected chi connectivity index (χ4v) is 3.60. The molecule has 2 heterocycles. The Labute approximate surface area is 93.6 Å². The summed E-state index contributed by atoms with van der Waals surface area (Å²) in [5.74, 6) is 0.407. The minimum absolute atomic E-state index is 0.0626. The minimum Gasteiger partial charge on any atom is -0.311 e. The monoisotopic (exact) mass is 225 g/mol. The van der Waals surface area contributed by atoms with E-state index in [1.807, 2.05) is 13.8 Å². The van der Waals surface area contributed by atoms with Crippen molar-refractivity contribution in [3.63, 3.8) is 0 Å². The van der Waals surface area contributed by atoms with Crippen LogP contribution in [0.1, 0.15) is 20.8 Å². The van der Waals surface area contributed by atoms with E-state index in [1.54, 1.807) is 16.7 Å². The molecule has 5 heteroatoms. The lowest BCUT2D eigenvalue weighted by molar-refractivity contribution is 0.190. The summed E-state index contributed by atoms with van der Waals surface area (Å²) in [5.41, 5.74) is 1.22. The number of urea groups is 1. The van der Waals surface area contributed by atoms with Crippen LogP contribution in [0.2, 0.25) is 0 Å². The van der Waals surface area contributed by atoms with Gasteiger partial charge in [0.25, 0.3) is 0 Å². The Kier molecular flexibility index (Phi) is 2.50. The molecular formula is C10H15N3OS. The molecule has 2 aliphatic heterocycles. The zero-order valence-electron chi connectivity index (χ0n) is 9.13. The molecule has 4 nitrogen and oxygen atoms in total. The number of amides is 2. The average Bonchev–Trinajstić information content (AvgIpc) is 2.44. The van der Waals surface area contributed by atoms with E-state index in [0.29, 0.717) is 12.4 Å². The van der Waals surface area contributed by atoms with Crippen LogP contribution in [0.15, 0.2) is 10.5 Å². The number of carbonyl (C=O) groups is 1. The molecule has 0 radical (unpaired) electrons. The van der Waals surface area contributed by atoms with Gasteiger partial charge in [0.15, 0.2) is 0 Å². The van der Waals surface area contributed by atoms with Crippen LogP contribution in [0, 0.1) is 11.3 Å². The third-order valence-electron chi connectivity index (χ3n) is 3.07. The molecule has 2 rings (SSSR count). The number of fused-ring (bicyclic) bond motifs is 1. The number of rotatable bonds is 1. The van der Waals surface area contributed by atoms with Gasteiger partial charge in [0, 0.05) is 6.54 Å². The van der Waals surface area contributed by atoms with Gasteiger partial charge in [0.1, 0.15) is 5.84 Å². The topological polar surface area (TPSA) is 56.2 Å². The van der Waals surface area contributed by atoms with Gasteiger partial charge in [-0.1, -0.05) is 5.57 Å². The second kappa shape index (κ2) is 3.56. The first kappa shape index (κ1) is 10.5. The second-order valence-electron chi connectivity index (χ2n) is 3.86. The molecule has 0 saturated carbocycles. The van der Waals surface area contributed by atoms with Gasteiger partial charge >= 0.3 is 6.03 Å². The lowest BCUT2D eigenvalue weighted by Gasteiger charge is -2.37. The molecule has 0 aromatic carbocycles. The van der Waals surface area contributed by atoms with E-state index < -0.39 is 0 Å². The largest absolute Gasteiger partial charge is 0.323 e. The smallest absolute Gasteiger partial charge is 0.311 e. The van der Waals surface area contributed by atoms with E-state index in [9.17, 15) is 4.79 Å². The van der Waals surface area contributed by atoms with Crippen LogP contribution < -0.4 is 5.32 Å². The van der Waals surface area contributed by atoms with Gasteiger partial charge in [-0.25, -0.2) is 4.79 Å². The molecule has 0 bridgehead atoms. The summed E-state index contributed by atoms with van der Waals surface area (Å²) >= 11 is 1.70.